The van der Waals surface area contributed by atoms with E-state index in [4.69, 9.17) is 10.5 Å². The van der Waals surface area contributed by atoms with Gasteiger partial charge in [0.05, 0.1) is 12.6 Å². The molecule has 0 bridgehead atoms. The van der Waals surface area contributed by atoms with Gasteiger partial charge in [0.25, 0.3) is 0 Å². The first-order valence-electron chi connectivity index (χ1n) is 5.56. The van der Waals surface area contributed by atoms with Crippen LogP contribution in [-0.4, -0.2) is 13.2 Å². The van der Waals surface area contributed by atoms with E-state index in [0.717, 1.165) is 13.0 Å². The van der Waals surface area contributed by atoms with Gasteiger partial charge in [0, 0.05) is 6.61 Å². The molecule has 0 aliphatic carbocycles. The Morgan fingerprint density at radius 1 is 1.27 bits per heavy atom. The van der Waals surface area contributed by atoms with Crippen LogP contribution >= 0.6 is 0 Å². The summed E-state index contributed by atoms with van der Waals surface area (Å²) in [5.41, 5.74) is 9.85. The van der Waals surface area contributed by atoms with E-state index < -0.39 is 0 Å². The zero-order valence-corrected chi connectivity index (χ0v) is 9.92. The Hall–Kier alpha value is -0.860. The van der Waals surface area contributed by atoms with Crippen LogP contribution in [-0.2, 0) is 4.74 Å². The maximum absolute atomic E-state index is 6.11. The number of rotatable bonds is 5. The average molecular weight is 207 g/mol. The molecule has 2 heteroatoms. The highest BCUT2D eigenvalue weighted by atomic mass is 16.5. The number of ether oxygens (including phenoxy) is 1. The van der Waals surface area contributed by atoms with Gasteiger partial charge in [-0.05, 0) is 37.0 Å². The fourth-order valence-electron chi connectivity index (χ4n) is 1.85. The summed E-state index contributed by atoms with van der Waals surface area (Å²) in [7, 11) is 0. The first-order chi connectivity index (χ1) is 7.16. The van der Waals surface area contributed by atoms with Gasteiger partial charge in [0.15, 0.2) is 0 Å². The highest BCUT2D eigenvalue weighted by Crippen LogP contribution is 2.20. The molecule has 1 aromatic rings. The molecule has 2 N–H and O–H groups in total. The first-order valence-corrected chi connectivity index (χ1v) is 5.56. The van der Waals surface area contributed by atoms with Gasteiger partial charge in [-0.25, -0.2) is 0 Å². The van der Waals surface area contributed by atoms with Crippen molar-refractivity contribution in [3.8, 4) is 0 Å². The molecule has 0 amide bonds. The third kappa shape index (κ3) is 3.33. The van der Waals surface area contributed by atoms with Crippen molar-refractivity contribution in [2.24, 2.45) is 5.73 Å². The van der Waals surface area contributed by atoms with Crippen LogP contribution in [0.1, 0.15) is 36.1 Å². The minimum absolute atomic E-state index is 0.00208. The zero-order chi connectivity index (χ0) is 11.3. The molecular weight excluding hydrogens is 186 g/mol. The molecule has 0 saturated carbocycles. The second kappa shape index (κ2) is 5.89. The largest absolute Gasteiger partial charge is 0.379 e. The van der Waals surface area contributed by atoms with Crippen molar-refractivity contribution in [2.75, 3.05) is 13.2 Å². The SMILES string of the molecule is CCCOCC(N)c1c(C)cccc1C. The van der Waals surface area contributed by atoms with Crippen molar-refractivity contribution >= 4 is 0 Å². The Kier molecular flexibility index (Phi) is 4.79. The van der Waals surface area contributed by atoms with Gasteiger partial charge < -0.3 is 10.5 Å². The van der Waals surface area contributed by atoms with Gasteiger partial charge in [-0.15, -0.1) is 0 Å². The topological polar surface area (TPSA) is 35.2 Å². The van der Waals surface area contributed by atoms with Crippen molar-refractivity contribution < 1.29 is 4.74 Å². The van der Waals surface area contributed by atoms with Crippen LogP contribution in [0, 0.1) is 13.8 Å². The zero-order valence-electron chi connectivity index (χ0n) is 9.92. The summed E-state index contributed by atoms with van der Waals surface area (Å²) in [6.45, 7) is 7.70. The van der Waals surface area contributed by atoms with E-state index in [1.807, 2.05) is 0 Å². The van der Waals surface area contributed by atoms with Gasteiger partial charge in [-0.3, -0.25) is 0 Å². The molecule has 0 fully saturated rings. The molecule has 1 aromatic carbocycles. The lowest BCUT2D eigenvalue weighted by Crippen LogP contribution is -2.19. The minimum Gasteiger partial charge on any atom is -0.379 e. The summed E-state index contributed by atoms with van der Waals surface area (Å²) in [4.78, 5) is 0. The molecule has 0 heterocycles. The Balaban J connectivity index is 2.68. The molecule has 84 valence electrons. The average Bonchev–Trinajstić information content (AvgIpc) is 2.18. The minimum atomic E-state index is -0.00208. The lowest BCUT2D eigenvalue weighted by molar-refractivity contribution is 0.121. The molecule has 1 unspecified atom stereocenters. The van der Waals surface area contributed by atoms with E-state index >= 15 is 0 Å². The number of nitrogens with two attached hydrogens (primary N) is 1. The summed E-state index contributed by atoms with van der Waals surface area (Å²) in [5.74, 6) is 0. The van der Waals surface area contributed by atoms with Crippen LogP contribution in [0.25, 0.3) is 0 Å². The Labute approximate surface area is 92.4 Å². The van der Waals surface area contributed by atoms with Crippen LogP contribution in [0.3, 0.4) is 0 Å². The fraction of sp³-hybridized carbons (Fsp3) is 0.538. The third-order valence-electron chi connectivity index (χ3n) is 2.56. The van der Waals surface area contributed by atoms with E-state index in [1.54, 1.807) is 0 Å². The van der Waals surface area contributed by atoms with Crippen LogP contribution < -0.4 is 5.73 Å². The predicted molar refractivity (Wildman–Crippen MR) is 64.0 cm³/mol. The van der Waals surface area contributed by atoms with Crippen LogP contribution in [0.2, 0.25) is 0 Å². The number of benzene rings is 1. The third-order valence-corrected chi connectivity index (χ3v) is 2.56. The standard InChI is InChI=1S/C13H21NO/c1-4-8-15-9-12(14)13-10(2)6-5-7-11(13)3/h5-7,12H,4,8-9,14H2,1-3H3. The Morgan fingerprint density at radius 3 is 2.40 bits per heavy atom. The number of aryl methyl sites for hydroxylation is 2. The molecule has 0 aliphatic heterocycles. The second-order valence-electron chi connectivity index (χ2n) is 3.99. The molecular formula is C13H21NO. The van der Waals surface area contributed by atoms with Gasteiger partial charge in [-0.2, -0.15) is 0 Å². The number of hydrogen-bond donors (Lipinski definition) is 1. The van der Waals surface area contributed by atoms with Crippen molar-refractivity contribution in [2.45, 2.75) is 33.2 Å². The van der Waals surface area contributed by atoms with Gasteiger partial charge in [0.1, 0.15) is 0 Å². The first kappa shape index (κ1) is 12.2. The van der Waals surface area contributed by atoms with Gasteiger partial charge in [0.2, 0.25) is 0 Å². The van der Waals surface area contributed by atoms with E-state index in [2.05, 4.69) is 39.0 Å². The summed E-state index contributed by atoms with van der Waals surface area (Å²) in [6, 6.07) is 6.26. The second-order valence-corrected chi connectivity index (χ2v) is 3.99. The van der Waals surface area contributed by atoms with Crippen molar-refractivity contribution in [3.05, 3.63) is 34.9 Å². The lowest BCUT2D eigenvalue weighted by atomic mass is 9.97. The van der Waals surface area contributed by atoms with Crippen molar-refractivity contribution in [1.29, 1.82) is 0 Å². The van der Waals surface area contributed by atoms with E-state index in [0.29, 0.717) is 6.61 Å². The summed E-state index contributed by atoms with van der Waals surface area (Å²) in [6.07, 6.45) is 1.04. The molecule has 0 spiro atoms. The van der Waals surface area contributed by atoms with Crippen LogP contribution in [0.15, 0.2) is 18.2 Å². The monoisotopic (exact) mass is 207 g/mol. The molecule has 15 heavy (non-hydrogen) atoms. The van der Waals surface area contributed by atoms with Crippen LogP contribution in [0.5, 0.6) is 0 Å². The molecule has 0 radical (unpaired) electrons. The van der Waals surface area contributed by atoms with Gasteiger partial charge in [-0.1, -0.05) is 25.1 Å². The smallest absolute Gasteiger partial charge is 0.0659 e. The van der Waals surface area contributed by atoms with Crippen molar-refractivity contribution in [3.63, 3.8) is 0 Å². The highest BCUT2D eigenvalue weighted by molar-refractivity contribution is 5.35. The van der Waals surface area contributed by atoms with Crippen LogP contribution in [0.4, 0.5) is 0 Å². The summed E-state index contributed by atoms with van der Waals surface area (Å²) >= 11 is 0. The fourth-order valence-corrected chi connectivity index (χ4v) is 1.85. The van der Waals surface area contributed by atoms with Gasteiger partial charge >= 0.3 is 0 Å². The molecule has 0 aliphatic rings. The molecule has 1 rings (SSSR count). The van der Waals surface area contributed by atoms with E-state index in [-0.39, 0.29) is 6.04 Å². The molecule has 0 aromatic heterocycles. The predicted octanol–water partition coefficient (Wildman–Crippen LogP) is 2.73. The normalized spacial score (nSPS) is 12.8. The highest BCUT2D eigenvalue weighted by Gasteiger charge is 2.11. The number of hydrogen-bond acceptors (Lipinski definition) is 2. The molecule has 2 nitrogen and oxygen atoms in total. The van der Waals surface area contributed by atoms with Crippen molar-refractivity contribution in [1.82, 2.24) is 0 Å². The quantitative estimate of drug-likeness (QED) is 0.753. The molecule has 1 atom stereocenters. The summed E-state index contributed by atoms with van der Waals surface area (Å²) in [5, 5.41) is 0. The lowest BCUT2D eigenvalue weighted by Gasteiger charge is -2.17. The maximum Gasteiger partial charge on any atom is 0.0659 e. The molecule has 0 saturated heterocycles. The van der Waals surface area contributed by atoms with E-state index in [1.165, 1.54) is 16.7 Å². The summed E-state index contributed by atoms with van der Waals surface area (Å²) < 4.78 is 5.48. The maximum atomic E-state index is 6.11. The Morgan fingerprint density at radius 2 is 1.87 bits per heavy atom. The Bertz CT molecular complexity index is 289. The van der Waals surface area contributed by atoms with E-state index in [9.17, 15) is 0 Å².